The number of ether oxygens (including phenoxy) is 1. The fraction of sp³-hybridized carbons (Fsp3) is 0.500. The van der Waals surface area contributed by atoms with Gasteiger partial charge in [-0.15, -0.1) is 0 Å². The van der Waals surface area contributed by atoms with Crippen LogP contribution in [0.2, 0.25) is 0 Å². The number of alkyl carbamates (subject to hydrolysis) is 1. The maximum Gasteiger partial charge on any atom is 0.406 e. The molecule has 0 fully saturated rings. The molecule has 0 spiro atoms. The molecule has 13 heteroatoms. The molecule has 2 aromatic rings. The SMILES string of the molecule is COC(=O)NCC1CCC(F)(F)c2c3c(nn2C1)CCN(C(=O)Nc1ccnc(Br)c1F)C3. The molecule has 1 atom stereocenters. The maximum absolute atomic E-state index is 15.1. The predicted octanol–water partition coefficient (Wildman–Crippen LogP) is 3.63. The molecule has 0 aliphatic carbocycles. The van der Waals surface area contributed by atoms with Crippen LogP contribution in [0.5, 0.6) is 0 Å². The number of hydrogen-bond acceptors (Lipinski definition) is 5. The number of pyridine rings is 1. The first kappa shape index (κ1) is 23.3. The lowest BCUT2D eigenvalue weighted by Crippen LogP contribution is -2.39. The Bertz CT molecular complexity index is 1080. The van der Waals surface area contributed by atoms with Gasteiger partial charge in [0, 0.05) is 44.2 Å². The van der Waals surface area contributed by atoms with Crippen LogP contribution < -0.4 is 10.6 Å². The minimum absolute atomic E-state index is 0.0425. The van der Waals surface area contributed by atoms with Crippen molar-refractivity contribution in [1.29, 1.82) is 0 Å². The fourth-order valence-corrected chi connectivity index (χ4v) is 4.49. The van der Waals surface area contributed by atoms with E-state index in [0.29, 0.717) is 17.7 Å². The van der Waals surface area contributed by atoms with Gasteiger partial charge in [0.15, 0.2) is 5.82 Å². The second-order valence-corrected chi connectivity index (χ2v) is 8.75. The molecule has 0 saturated carbocycles. The maximum atomic E-state index is 15.1. The third-order valence-electron chi connectivity index (χ3n) is 5.84. The highest BCUT2D eigenvalue weighted by Crippen LogP contribution is 2.41. The van der Waals surface area contributed by atoms with E-state index in [-0.39, 0.29) is 54.5 Å². The summed E-state index contributed by atoms with van der Waals surface area (Å²) in [6, 6.07) is 0.713. The number of alkyl halides is 2. The summed E-state index contributed by atoms with van der Waals surface area (Å²) in [6.45, 7) is 0.589. The summed E-state index contributed by atoms with van der Waals surface area (Å²) in [6.07, 6.45) is 0.800. The van der Waals surface area contributed by atoms with Gasteiger partial charge in [0.1, 0.15) is 10.3 Å². The van der Waals surface area contributed by atoms with Crippen molar-refractivity contribution in [3.05, 3.63) is 39.6 Å². The molecule has 4 heterocycles. The van der Waals surface area contributed by atoms with Crippen LogP contribution >= 0.6 is 15.9 Å². The molecule has 0 bridgehead atoms. The Balaban J connectivity index is 1.54. The summed E-state index contributed by atoms with van der Waals surface area (Å²) >= 11 is 2.96. The Hall–Kier alpha value is -2.83. The molecule has 33 heavy (non-hydrogen) atoms. The van der Waals surface area contributed by atoms with Gasteiger partial charge in [-0.2, -0.15) is 13.9 Å². The quantitative estimate of drug-likeness (QED) is 0.590. The standard InChI is InChI=1S/C20H22BrF3N6O3/c1-33-19(32)26-8-11-2-5-20(23,24)16-12-10-29(7-4-13(12)28-30(16)9-11)18(31)27-14-3-6-25-17(21)15(14)22/h3,6,11H,2,4-5,7-10H2,1H3,(H,26,32)(H,25,27,31). The first-order valence-electron chi connectivity index (χ1n) is 10.3. The molecule has 0 saturated heterocycles. The molecule has 0 radical (unpaired) electrons. The number of methoxy groups -OCH3 is 1. The number of carbonyl (C=O) groups is 2. The number of rotatable bonds is 3. The zero-order valence-corrected chi connectivity index (χ0v) is 19.3. The van der Waals surface area contributed by atoms with Crippen molar-refractivity contribution in [2.75, 3.05) is 25.5 Å². The van der Waals surface area contributed by atoms with Crippen molar-refractivity contribution < 1.29 is 27.5 Å². The van der Waals surface area contributed by atoms with Gasteiger partial charge < -0.3 is 20.3 Å². The number of amides is 3. The summed E-state index contributed by atoms with van der Waals surface area (Å²) in [7, 11) is 1.24. The van der Waals surface area contributed by atoms with E-state index in [9.17, 15) is 14.0 Å². The smallest absolute Gasteiger partial charge is 0.406 e. The van der Waals surface area contributed by atoms with E-state index in [1.165, 1.54) is 29.0 Å². The van der Waals surface area contributed by atoms with Gasteiger partial charge in [-0.3, -0.25) is 4.68 Å². The van der Waals surface area contributed by atoms with Crippen molar-refractivity contribution in [3.63, 3.8) is 0 Å². The monoisotopic (exact) mass is 530 g/mol. The summed E-state index contributed by atoms with van der Waals surface area (Å²) in [5.74, 6) is -4.10. The van der Waals surface area contributed by atoms with Crippen LogP contribution in [0, 0.1) is 11.7 Å². The number of carbonyl (C=O) groups excluding carboxylic acids is 2. The third-order valence-corrected chi connectivity index (χ3v) is 6.39. The third kappa shape index (κ3) is 4.77. The van der Waals surface area contributed by atoms with Crippen LogP contribution in [-0.2, 0) is 30.2 Å². The number of anilines is 1. The molecule has 3 amide bonds. The van der Waals surface area contributed by atoms with E-state index in [2.05, 4.69) is 41.4 Å². The number of urea groups is 1. The minimum Gasteiger partial charge on any atom is -0.453 e. The van der Waals surface area contributed by atoms with Crippen molar-refractivity contribution in [1.82, 2.24) is 25.0 Å². The molecule has 2 aliphatic rings. The average Bonchev–Trinajstić information content (AvgIpc) is 3.10. The Morgan fingerprint density at radius 3 is 2.94 bits per heavy atom. The topological polar surface area (TPSA) is 101 Å². The summed E-state index contributed by atoms with van der Waals surface area (Å²) in [5, 5.41) is 9.44. The summed E-state index contributed by atoms with van der Waals surface area (Å²) in [4.78, 5) is 29.2. The van der Waals surface area contributed by atoms with Gasteiger partial charge in [-0.1, -0.05) is 0 Å². The zero-order chi connectivity index (χ0) is 23.8. The molecule has 178 valence electrons. The number of hydrogen-bond donors (Lipinski definition) is 2. The first-order chi connectivity index (χ1) is 15.7. The van der Waals surface area contributed by atoms with Gasteiger partial charge in [-0.25, -0.2) is 19.0 Å². The molecule has 0 aromatic carbocycles. The lowest BCUT2D eigenvalue weighted by atomic mass is 9.98. The number of aromatic nitrogens is 3. The van der Waals surface area contributed by atoms with Crippen molar-refractivity contribution in [2.45, 2.75) is 38.3 Å². The van der Waals surface area contributed by atoms with Gasteiger partial charge >= 0.3 is 12.1 Å². The molecule has 2 aliphatic heterocycles. The fourth-order valence-electron chi connectivity index (χ4n) is 4.16. The van der Waals surface area contributed by atoms with E-state index in [4.69, 9.17) is 0 Å². The summed E-state index contributed by atoms with van der Waals surface area (Å²) in [5.41, 5.74) is 0.577. The van der Waals surface area contributed by atoms with E-state index in [1.54, 1.807) is 0 Å². The number of halogens is 4. The molecular formula is C20H22BrF3N6O3. The van der Waals surface area contributed by atoms with E-state index < -0.39 is 30.3 Å². The number of nitrogens with zero attached hydrogens (tertiary/aromatic N) is 4. The van der Waals surface area contributed by atoms with Crippen LogP contribution in [0.15, 0.2) is 16.9 Å². The van der Waals surface area contributed by atoms with E-state index >= 15 is 8.78 Å². The van der Waals surface area contributed by atoms with Crippen LogP contribution in [0.3, 0.4) is 0 Å². The molecule has 9 nitrogen and oxygen atoms in total. The van der Waals surface area contributed by atoms with E-state index in [1.807, 2.05) is 0 Å². The molecule has 2 aromatic heterocycles. The second kappa shape index (κ2) is 9.20. The van der Waals surface area contributed by atoms with Gasteiger partial charge in [0.2, 0.25) is 0 Å². The van der Waals surface area contributed by atoms with E-state index in [0.717, 1.165) is 0 Å². The second-order valence-electron chi connectivity index (χ2n) is 8.00. The molecule has 2 N–H and O–H groups in total. The molecular weight excluding hydrogens is 509 g/mol. The first-order valence-corrected chi connectivity index (χ1v) is 11.1. The van der Waals surface area contributed by atoms with Gasteiger partial charge in [-0.05, 0) is 34.3 Å². The van der Waals surface area contributed by atoms with Crippen LogP contribution in [0.4, 0.5) is 28.4 Å². The number of nitrogens with one attached hydrogen (secondary N) is 2. The van der Waals surface area contributed by atoms with Crippen LogP contribution in [-0.4, -0.2) is 52.0 Å². The average molecular weight is 531 g/mol. The van der Waals surface area contributed by atoms with Crippen LogP contribution in [0.25, 0.3) is 0 Å². The summed E-state index contributed by atoms with van der Waals surface area (Å²) < 4.78 is 50.3. The Morgan fingerprint density at radius 1 is 1.39 bits per heavy atom. The van der Waals surface area contributed by atoms with Crippen molar-refractivity contribution in [3.8, 4) is 0 Å². The normalized spacial score (nSPS) is 19.2. The Kier molecular flexibility index (Phi) is 6.50. The lowest BCUT2D eigenvalue weighted by molar-refractivity contribution is -0.0217. The van der Waals surface area contributed by atoms with Crippen molar-refractivity contribution >= 4 is 33.7 Å². The van der Waals surface area contributed by atoms with Gasteiger partial charge in [0.05, 0.1) is 25.0 Å². The minimum atomic E-state index is -3.14. The molecule has 4 rings (SSSR count). The highest BCUT2D eigenvalue weighted by atomic mass is 79.9. The van der Waals surface area contributed by atoms with Crippen LogP contribution in [0.1, 0.15) is 29.8 Å². The highest BCUT2D eigenvalue weighted by Gasteiger charge is 2.43. The zero-order valence-electron chi connectivity index (χ0n) is 17.7. The highest BCUT2D eigenvalue weighted by molar-refractivity contribution is 9.10. The number of fused-ring (bicyclic) bond motifs is 3. The van der Waals surface area contributed by atoms with Gasteiger partial charge in [0.25, 0.3) is 5.92 Å². The molecule has 1 unspecified atom stereocenters. The Morgan fingerprint density at radius 2 is 2.18 bits per heavy atom. The predicted molar refractivity (Wildman–Crippen MR) is 114 cm³/mol. The largest absolute Gasteiger partial charge is 0.453 e. The van der Waals surface area contributed by atoms with Crippen molar-refractivity contribution in [2.24, 2.45) is 5.92 Å². The lowest BCUT2D eigenvalue weighted by Gasteiger charge is -2.28. The Labute approximate surface area is 195 Å².